The van der Waals surface area contributed by atoms with Crippen LogP contribution in [0.2, 0.25) is 0 Å². The van der Waals surface area contributed by atoms with Crippen molar-refractivity contribution in [1.82, 2.24) is 0 Å². The molecule has 0 aliphatic rings. The van der Waals surface area contributed by atoms with Crippen LogP contribution in [0.3, 0.4) is 0 Å². The van der Waals surface area contributed by atoms with Gasteiger partial charge in [0, 0.05) is 17.8 Å². The summed E-state index contributed by atoms with van der Waals surface area (Å²) in [6.45, 7) is 2.98. The van der Waals surface area contributed by atoms with E-state index in [1.807, 2.05) is 24.3 Å². The average Bonchev–Trinajstić information content (AvgIpc) is 2.06. The van der Waals surface area contributed by atoms with Gasteiger partial charge in [0.05, 0.1) is 0 Å². The van der Waals surface area contributed by atoms with E-state index in [0.717, 1.165) is 17.8 Å². The maximum absolute atomic E-state index is 5.45. The Bertz CT molecular complexity index is 266. The summed E-state index contributed by atoms with van der Waals surface area (Å²) in [6.07, 6.45) is 0. The van der Waals surface area contributed by atoms with Crippen LogP contribution in [0.25, 0.3) is 0 Å². The van der Waals surface area contributed by atoms with Gasteiger partial charge in [-0.15, -0.1) is 0 Å². The van der Waals surface area contributed by atoms with E-state index in [4.69, 9.17) is 18.0 Å². The van der Waals surface area contributed by atoms with Crippen molar-refractivity contribution in [3.63, 3.8) is 0 Å². The van der Waals surface area contributed by atoms with Gasteiger partial charge in [0.1, 0.15) is 4.99 Å². The Morgan fingerprint density at radius 1 is 1.42 bits per heavy atom. The Morgan fingerprint density at radius 3 is 2.42 bits per heavy atom. The van der Waals surface area contributed by atoms with E-state index < -0.39 is 0 Å². The molecule has 0 radical (unpaired) electrons. The van der Waals surface area contributed by atoms with Crippen LogP contribution in [0.1, 0.15) is 12.5 Å². The molecule has 0 unspecified atom stereocenters. The Morgan fingerprint density at radius 2 is 2.00 bits per heavy atom. The number of benzene rings is 1. The molecule has 0 heterocycles. The fraction of sp³-hybridized carbons (Fsp3) is 0.222. The minimum atomic E-state index is 0.443. The van der Waals surface area contributed by atoms with Gasteiger partial charge in [0.15, 0.2) is 0 Å². The molecule has 0 fully saturated rings. The summed E-state index contributed by atoms with van der Waals surface area (Å²) in [6, 6.07) is 7.77. The molecule has 0 aliphatic carbocycles. The van der Waals surface area contributed by atoms with Gasteiger partial charge in [-0.25, -0.2) is 0 Å². The number of anilines is 1. The Hall–Kier alpha value is -1.09. The molecule has 0 saturated heterocycles. The molecule has 0 aromatic heterocycles. The Labute approximate surface area is 77.8 Å². The average molecular weight is 180 g/mol. The van der Waals surface area contributed by atoms with Crippen molar-refractivity contribution < 1.29 is 0 Å². The first kappa shape index (κ1) is 9.00. The SMILES string of the molecule is CCNc1ccc(C(N)=S)cc1. The van der Waals surface area contributed by atoms with Crippen LogP contribution >= 0.6 is 12.2 Å². The van der Waals surface area contributed by atoms with Crippen molar-refractivity contribution in [1.29, 1.82) is 0 Å². The van der Waals surface area contributed by atoms with Gasteiger partial charge in [-0.2, -0.15) is 0 Å². The summed E-state index contributed by atoms with van der Waals surface area (Å²) in [7, 11) is 0. The van der Waals surface area contributed by atoms with Crippen molar-refractivity contribution in [2.75, 3.05) is 11.9 Å². The van der Waals surface area contributed by atoms with Crippen molar-refractivity contribution in [3.8, 4) is 0 Å². The fourth-order valence-electron chi connectivity index (χ4n) is 0.956. The van der Waals surface area contributed by atoms with Gasteiger partial charge in [-0.05, 0) is 31.2 Å². The molecule has 64 valence electrons. The second-order valence-corrected chi connectivity index (χ2v) is 2.91. The molecule has 3 heteroatoms. The number of hydrogen-bond acceptors (Lipinski definition) is 2. The highest BCUT2D eigenvalue weighted by atomic mass is 32.1. The quantitative estimate of drug-likeness (QED) is 0.696. The van der Waals surface area contributed by atoms with Gasteiger partial charge in [-0.1, -0.05) is 12.2 Å². The van der Waals surface area contributed by atoms with E-state index >= 15 is 0 Å². The molecular weight excluding hydrogens is 168 g/mol. The predicted molar refractivity (Wildman–Crippen MR) is 56.5 cm³/mol. The summed E-state index contributed by atoms with van der Waals surface area (Å²) in [5.41, 5.74) is 7.45. The van der Waals surface area contributed by atoms with Crippen LogP contribution in [0, 0.1) is 0 Å². The summed E-state index contributed by atoms with van der Waals surface area (Å²) in [5, 5.41) is 3.19. The second kappa shape index (κ2) is 4.07. The molecule has 12 heavy (non-hydrogen) atoms. The summed E-state index contributed by atoms with van der Waals surface area (Å²) >= 11 is 4.83. The first-order valence-corrected chi connectivity index (χ1v) is 4.28. The standard InChI is InChI=1S/C9H12N2S/c1-2-11-8-5-3-7(4-6-8)9(10)12/h3-6,11H,2H2,1H3,(H2,10,12). The molecule has 1 aromatic carbocycles. The third-order valence-corrected chi connectivity index (χ3v) is 1.79. The maximum Gasteiger partial charge on any atom is 0.103 e. The van der Waals surface area contributed by atoms with Crippen molar-refractivity contribution in [2.45, 2.75) is 6.92 Å². The lowest BCUT2D eigenvalue weighted by atomic mass is 10.2. The lowest BCUT2D eigenvalue weighted by Crippen LogP contribution is -2.09. The molecule has 0 saturated carbocycles. The number of nitrogens with two attached hydrogens (primary N) is 1. The monoisotopic (exact) mass is 180 g/mol. The van der Waals surface area contributed by atoms with E-state index in [1.54, 1.807) is 0 Å². The number of thiocarbonyl (C=S) groups is 1. The molecule has 1 rings (SSSR count). The zero-order valence-corrected chi connectivity index (χ0v) is 7.82. The van der Waals surface area contributed by atoms with Crippen molar-refractivity contribution >= 4 is 22.9 Å². The molecule has 0 bridgehead atoms. The first-order chi connectivity index (χ1) is 5.74. The second-order valence-electron chi connectivity index (χ2n) is 2.47. The molecule has 2 nitrogen and oxygen atoms in total. The highest BCUT2D eigenvalue weighted by molar-refractivity contribution is 7.80. The smallest absolute Gasteiger partial charge is 0.103 e. The van der Waals surface area contributed by atoms with Crippen LogP contribution in [-0.2, 0) is 0 Å². The molecule has 0 atom stereocenters. The maximum atomic E-state index is 5.45. The van der Waals surface area contributed by atoms with E-state index in [0.29, 0.717) is 4.99 Å². The fourth-order valence-corrected chi connectivity index (χ4v) is 1.09. The van der Waals surface area contributed by atoms with Crippen LogP contribution < -0.4 is 11.1 Å². The number of rotatable bonds is 3. The third-order valence-electron chi connectivity index (χ3n) is 1.55. The zero-order valence-electron chi connectivity index (χ0n) is 7.00. The normalized spacial score (nSPS) is 9.42. The van der Waals surface area contributed by atoms with E-state index in [-0.39, 0.29) is 0 Å². The Kier molecular flexibility index (Phi) is 3.05. The largest absolute Gasteiger partial charge is 0.389 e. The van der Waals surface area contributed by atoms with E-state index in [9.17, 15) is 0 Å². The topological polar surface area (TPSA) is 38.0 Å². The van der Waals surface area contributed by atoms with Gasteiger partial charge in [-0.3, -0.25) is 0 Å². The van der Waals surface area contributed by atoms with Crippen LogP contribution in [-0.4, -0.2) is 11.5 Å². The minimum absolute atomic E-state index is 0.443. The summed E-state index contributed by atoms with van der Waals surface area (Å²) in [4.78, 5) is 0.443. The van der Waals surface area contributed by atoms with E-state index in [2.05, 4.69) is 12.2 Å². The lowest BCUT2D eigenvalue weighted by Gasteiger charge is -2.03. The lowest BCUT2D eigenvalue weighted by molar-refractivity contribution is 1.21. The molecule has 0 aliphatic heterocycles. The molecule has 0 amide bonds. The number of nitrogens with one attached hydrogen (secondary N) is 1. The first-order valence-electron chi connectivity index (χ1n) is 3.87. The van der Waals surface area contributed by atoms with Crippen LogP contribution in [0.5, 0.6) is 0 Å². The van der Waals surface area contributed by atoms with Gasteiger partial charge in [0.2, 0.25) is 0 Å². The highest BCUT2D eigenvalue weighted by Gasteiger charge is 1.94. The predicted octanol–water partition coefficient (Wildman–Crippen LogP) is 1.75. The van der Waals surface area contributed by atoms with Crippen molar-refractivity contribution in [3.05, 3.63) is 29.8 Å². The highest BCUT2D eigenvalue weighted by Crippen LogP contribution is 2.08. The number of hydrogen-bond donors (Lipinski definition) is 2. The van der Waals surface area contributed by atoms with Gasteiger partial charge >= 0.3 is 0 Å². The molecule has 1 aromatic rings. The molecular formula is C9H12N2S. The Balaban J connectivity index is 2.78. The van der Waals surface area contributed by atoms with Crippen molar-refractivity contribution in [2.24, 2.45) is 5.73 Å². The summed E-state index contributed by atoms with van der Waals surface area (Å²) in [5.74, 6) is 0. The molecule has 3 N–H and O–H groups in total. The summed E-state index contributed by atoms with van der Waals surface area (Å²) < 4.78 is 0. The van der Waals surface area contributed by atoms with Crippen LogP contribution in [0.15, 0.2) is 24.3 Å². The zero-order chi connectivity index (χ0) is 8.97. The van der Waals surface area contributed by atoms with Gasteiger partial charge < -0.3 is 11.1 Å². The minimum Gasteiger partial charge on any atom is -0.389 e. The third kappa shape index (κ3) is 2.20. The van der Waals surface area contributed by atoms with E-state index in [1.165, 1.54) is 0 Å². The van der Waals surface area contributed by atoms with Crippen LogP contribution in [0.4, 0.5) is 5.69 Å². The molecule has 0 spiro atoms. The van der Waals surface area contributed by atoms with Gasteiger partial charge in [0.25, 0.3) is 0 Å².